The van der Waals surface area contributed by atoms with E-state index in [1.165, 1.54) is 5.56 Å². The molecule has 2 aromatic rings. The number of hydrazine groups is 2. The van der Waals surface area contributed by atoms with Crippen LogP contribution < -0.4 is 9.91 Å². The van der Waals surface area contributed by atoms with Crippen LogP contribution in [0.25, 0.3) is 0 Å². The molecule has 0 atom stereocenters. The van der Waals surface area contributed by atoms with Crippen LogP contribution in [0.5, 0.6) is 0 Å². The van der Waals surface area contributed by atoms with E-state index < -0.39 is 0 Å². The lowest BCUT2D eigenvalue weighted by Crippen LogP contribution is -2.45. The van der Waals surface area contributed by atoms with Crippen molar-refractivity contribution in [2.45, 2.75) is 13.1 Å². The fourth-order valence-electron chi connectivity index (χ4n) is 3.73. The first-order valence-corrected chi connectivity index (χ1v) is 8.93. The van der Waals surface area contributed by atoms with Crippen molar-refractivity contribution in [1.82, 2.24) is 29.9 Å². The van der Waals surface area contributed by atoms with Crippen molar-refractivity contribution in [2.75, 3.05) is 42.8 Å². The number of anilines is 2. The second-order valence-electron chi connectivity index (χ2n) is 6.68. The molecule has 0 aliphatic carbocycles. The van der Waals surface area contributed by atoms with Crippen LogP contribution in [0.4, 0.5) is 11.6 Å². The average Bonchev–Trinajstić information content (AvgIpc) is 3.40. The molecule has 10 heteroatoms. The Bertz CT molecular complexity index is 834. The number of hydrogen-bond donors (Lipinski definition) is 0. The molecule has 5 rings (SSSR count). The first kappa shape index (κ1) is 18.0. The Kier molecular flexibility index (Phi) is 4.90. The number of aromatic nitrogens is 4. The van der Waals surface area contributed by atoms with Gasteiger partial charge in [-0.05, 0) is 6.08 Å². The maximum Gasteiger partial charge on any atom is 0.170 e. The van der Waals surface area contributed by atoms with Crippen LogP contribution in [-0.4, -0.2) is 62.7 Å². The lowest BCUT2D eigenvalue weighted by molar-refractivity contribution is 0.0135. The van der Waals surface area contributed by atoms with Crippen molar-refractivity contribution in [3.63, 3.8) is 0 Å². The van der Waals surface area contributed by atoms with Crippen LogP contribution in [0, 0.1) is 0 Å². The molecule has 0 bridgehead atoms. The van der Waals surface area contributed by atoms with E-state index in [4.69, 9.17) is 4.74 Å². The Hall–Kier alpha value is -2.36. The van der Waals surface area contributed by atoms with Gasteiger partial charge >= 0.3 is 0 Å². The molecule has 0 radical (unpaired) electrons. The van der Waals surface area contributed by atoms with Crippen molar-refractivity contribution >= 4 is 24.0 Å². The summed E-state index contributed by atoms with van der Waals surface area (Å²) < 4.78 is 7.31. The molecule has 0 N–H and O–H groups in total. The third-order valence-corrected chi connectivity index (χ3v) is 5.01. The number of hydrogen-bond acceptors (Lipinski definition) is 8. The number of rotatable bonds is 3. The first-order valence-electron chi connectivity index (χ1n) is 8.93. The van der Waals surface area contributed by atoms with Crippen LogP contribution in [0.15, 0.2) is 30.9 Å². The molecule has 3 aliphatic rings. The molecule has 27 heavy (non-hydrogen) atoms. The normalized spacial score (nSPS) is 19.5. The van der Waals surface area contributed by atoms with E-state index in [0.29, 0.717) is 0 Å². The number of fused-ring (bicyclic) bond motifs is 1. The number of nitrogens with zero attached hydrogens (tertiary/aromatic N) is 8. The Morgan fingerprint density at radius 1 is 1.11 bits per heavy atom. The van der Waals surface area contributed by atoms with Crippen molar-refractivity contribution in [3.05, 3.63) is 42.1 Å². The van der Waals surface area contributed by atoms with Crippen LogP contribution in [0.1, 0.15) is 11.3 Å². The van der Waals surface area contributed by atoms with E-state index in [2.05, 4.69) is 47.4 Å². The van der Waals surface area contributed by atoms with Gasteiger partial charge in [-0.1, -0.05) is 0 Å². The second kappa shape index (κ2) is 7.34. The van der Waals surface area contributed by atoms with Gasteiger partial charge < -0.3 is 9.64 Å². The molecule has 144 valence electrons. The van der Waals surface area contributed by atoms with Crippen molar-refractivity contribution in [2.24, 2.45) is 7.05 Å². The van der Waals surface area contributed by atoms with Gasteiger partial charge in [0.05, 0.1) is 38.5 Å². The summed E-state index contributed by atoms with van der Waals surface area (Å²) in [6.07, 6.45) is 7.89. The molecule has 1 fully saturated rings. The van der Waals surface area contributed by atoms with E-state index >= 15 is 0 Å². The predicted molar refractivity (Wildman–Crippen MR) is 103 cm³/mol. The summed E-state index contributed by atoms with van der Waals surface area (Å²) in [5.41, 5.74) is 2.32. The summed E-state index contributed by atoms with van der Waals surface area (Å²) in [5.74, 6) is 1.99. The lowest BCUT2D eigenvalue weighted by atomic mass is 10.2. The molecule has 0 spiro atoms. The zero-order valence-electron chi connectivity index (χ0n) is 15.2. The Morgan fingerprint density at radius 2 is 1.96 bits per heavy atom. The predicted octanol–water partition coefficient (Wildman–Crippen LogP) is 0.950. The topological polar surface area (TPSA) is 65.8 Å². The Labute approximate surface area is 164 Å². The summed E-state index contributed by atoms with van der Waals surface area (Å²) in [7, 11) is 1.94. The molecule has 1 saturated heterocycles. The van der Waals surface area contributed by atoms with E-state index in [0.717, 1.165) is 63.3 Å². The van der Waals surface area contributed by atoms with Crippen LogP contribution in [0.2, 0.25) is 0 Å². The minimum absolute atomic E-state index is 0. The van der Waals surface area contributed by atoms with Gasteiger partial charge in [0.15, 0.2) is 5.82 Å². The number of aryl methyl sites for hydroxylation is 1. The van der Waals surface area contributed by atoms with Crippen LogP contribution >= 0.6 is 12.4 Å². The highest BCUT2D eigenvalue weighted by Crippen LogP contribution is 2.32. The zero-order valence-corrected chi connectivity index (χ0v) is 16.0. The molecular weight excluding hydrogens is 368 g/mol. The molecule has 5 heterocycles. The van der Waals surface area contributed by atoms with Gasteiger partial charge in [-0.15, -0.1) is 12.4 Å². The minimum Gasteiger partial charge on any atom is -0.378 e. The second-order valence-corrected chi connectivity index (χ2v) is 6.68. The van der Waals surface area contributed by atoms with Gasteiger partial charge in [0, 0.05) is 44.2 Å². The monoisotopic (exact) mass is 390 g/mol. The first-order chi connectivity index (χ1) is 12.8. The molecule has 3 aliphatic heterocycles. The summed E-state index contributed by atoms with van der Waals surface area (Å²) in [6, 6.07) is 2.03. The molecule has 2 aromatic heterocycles. The van der Waals surface area contributed by atoms with E-state index in [-0.39, 0.29) is 12.4 Å². The van der Waals surface area contributed by atoms with Crippen LogP contribution in [-0.2, 0) is 24.9 Å². The summed E-state index contributed by atoms with van der Waals surface area (Å²) in [4.78, 5) is 11.4. The quantitative estimate of drug-likeness (QED) is 0.767. The Morgan fingerprint density at radius 3 is 2.74 bits per heavy atom. The molecular formula is C17H23ClN8O. The van der Waals surface area contributed by atoms with Crippen molar-refractivity contribution in [3.8, 4) is 0 Å². The number of morpholine rings is 1. The van der Waals surface area contributed by atoms with E-state index in [1.54, 1.807) is 6.33 Å². The van der Waals surface area contributed by atoms with Gasteiger partial charge in [-0.25, -0.2) is 20.1 Å². The van der Waals surface area contributed by atoms with Gasteiger partial charge in [0.1, 0.15) is 12.1 Å². The standard InChI is InChI=1S/C17H22N8O.ClH/c1-21-6-3-16(20-21)24-4-2-5-25(24)23-11-14-15(12-23)18-13-19-17(14)22-7-9-26-10-8-22;/h2-3,5-6,13H,4,7-12H2,1H3;1H. The third kappa shape index (κ3) is 3.22. The smallest absolute Gasteiger partial charge is 0.170 e. The molecule has 0 unspecified atom stereocenters. The maximum absolute atomic E-state index is 5.48. The summed E-state index contributed by atoms with van der Waals surface area (Å²) in [6.45, 7) is 5.64. The highest BCUT2D eigenvalue weighted by atomic mass is 35.5. The van der Waals surface area contributed by atoms with Gasteiger partial charge in [-0.2, -0.15) is 10.1 Å². The molecule has 9 nitrogen and oxygen atoms in total. The van der Waals surface area contributed by atoms with Gasteiger partial charge in [0.2, 0.25) is 0 Å². The number of ether oxygens (including phenoxy) is 1. The lowest BCUT2D eigenvalue weighted by Gasteiger charge is -2.35. The summed E-state index contributed by atoms with van der Waals surface area (Å²) in [5, 5.41) is 11.1. The summed E-state index contributed by atoms with van der Waals surface area (Å²) >= 11 is 0. The van der Waals surface area contributed by atoms with E-state index in [9.17, 15) is 0 Å². The minimum atomic E-state index is 0. The largest absolute Gasteiger partial charge is 0.378 e. The average molecular weight is 391 g/mol. The molecule has 0 saturated carbocycles. The molecule has 0 amide bonds. The van der Waals surface area contributed by atoms with Crippen molar-refractivity contribution in [1.29, 1.82) is 0 Å². The maximum atomic E-state index is 5.48. The zero-order chi connectivity index (χ0) is 17.5. The third-order valence-electron chi connectivity index (χ3n) is 5.01. The fraction of sp³-hybridized carbons (Fsp3) is 0.471. The Balaban J connectivity index is 0.00000180. The fourth-order valence-corrected chi connectivity index (χ4v) is 3.73. The highest BCUT2D eigenvalue weighted by Gasteiger charge is 2.33. The number of halogens is 1. The van der Waals surface area contributed by atoms with E-state index in [1.807, 2.05) is 24.0 Å². The van der Waals surface area contributed by atoms with Gasteiger partial charge in [-0.3, -0.25) is 4.68 Å². The molecule has 0 aromatic carbocycles. The van der Waals surface area contributed by atoms with Gasteiger partial charge in [0.25, 0.3) is 0 Å². The van der Waals surface area contributed by atoms with Crippen LogP contribution in [0.3, 0.4) is 0 Å². The SMILES string of the molecule is Cl.Cn1ccc(N2CC=CN2N2Cc3ncnc(N4CCOCC4)c3C2)n1. The van der Waals surface area contributed by atoms with Crippen molar-refractivity contribution < 1.29 is 4.74 Å². The highest BCUT2D eigenvalue weighted by molar-refractivity contribution is 5.85.